The van der Waals surface area contributed by atoms with Gasteiger partial charge >= 0.3 is 0 Å². The van der Waals surface area contributed by atoms with Crippen LogP contribution in [0.4, 0.5) is 11.5 Å². The van der Waals surface area contributed by atoms with Gasteiger partial charge in [-0.15, -0.1) is 10.2 Å². The first-order valence-corrected chi connectivity index (χ1v) is 8.90. The van der Waals surface area contributed by atoms with Crippen LogP contribution >= 0.6 is 0 Å². The third kappa shape index (κ3) is 6.11. The number of hydrogen-bond acceptors (Lipinski definition) is 5. The molecule has 0 unspecified atom stereocenters. The van der Waals surface area contributed by atoms with Crippen LogP contribution in [0.15, 0.2) is 36.4 Å². The first-order valence-electron chi connectivity index (χ1n) is 8.90. The molecule has 0 saturated carbocycles. The van der Waals surface area contributed by atoms with Crippen molar-refractivity contribution >= 4 is 17.4 Å². The van der Waals surface area contributed by atoms with E-state index in [0.29, 0.717) is 18.1 Å². The Kier molecular flexibility index (Phi) is 6.69. The highest BCUT2D eigenvalue weighted by Gasteiger charge is 2.13. The zero-order chi connectivity index (χ0) is 19.2. The first-order chi connectivity index (χ1) is 12.3. The van der Waals surface area contributed by atoms with E-state index < -0.39 is 0 Å². The molecule has 1 heterocycles. The van der Waals surface area contributed by atoms with E-state index in [1.54, 1.807) is 12.1 Å². The lowest BCUT2D eigenvalue weighted by atomic mass is 9.87. The smallest absolute Gasteiger partial charge is 0.271 e. The van der Waals surface area contributed by atoms with E-state index in [0.717, 1.165) is 18.7 Å². The van der Waals surface area contributed by atoms with Crippen molar-refractivity contribution in [2.24, 2.45) is 0 Å². The first kappa shape index (κ1) is 19.8. The van der Waals surface area contributed by atoms with Crippen molar-refractivity contribution in [3.63, 3.8) is 0 Å². The molecule has 1 aromatic carbocycles. The maximum Gasteiger partial charge on any atom is 0.271 e. The Balaban J connectivity index is 1.89. The highest BCUT2D eigenvalue weighted by molar-refractivity contribution is 5.92. The normalized spacial score (nSPS) is 11.5. The monoisotopic (exact) mass is 355 g/mol. The summed E-state index contributed by atoms with van der Waals surface area (Å²) in [6.45, 7) is 8.11. The molecule has 6 nitrogen and oxygen atoms in total. The standard InChI is InChI=1S/C20H29N5O/c1-20(2,3)15-7-9-16(10-8-15)22-18-12-11-17(23-24-18)19(26)21-13-6-14-25(4)5/h7-12H,6,13-14H2,1-5H3,(H,21,26)(H,22,24). The minimum Gasteiger partial charge on any atom is -0.351 e. The third-order valence-electron chi connectivity index (χ3n) is 3.99. The second-order valence-electron chi connectivity index (χ2n) is 7.67. The van der Waals surface area contributed by atoms with E-state index in [1.807, 2.05) is 26.2 Å². The second kappa shape index (κ2) is 8.76. The van der Waals surface area contributed by atoms with Crippen LogP contribution in [0.5, 0.6) is 0 Å². The molecule has 0 spiro atoms. The molecule has 0 radical (unpaired) electrons. The molecule has 2 N–H and O–H groups in total. The van der Waals surface area contributed by atoms with E-state index in [1.165, 1.54) is 5.56 Å². The van der Waals surface area contributed by atoms with Crippen molar-refractivity contribution in [1.29, 1.82) is 0 Å². The van der Waals surface area contributed by atoms with Crippen LogP contribution < -0.4 is 10.6 Å². The molecule has 6 heteroatoms. The summed E-state index contributed by atoms with van der Waals surface area (Å²) >= 11 is 0. The van der Waals surface area contributed by atoms with Crippen molar-refractivity contribution < 1.29 is 4.79 Å². The van der Waals surface area contributed by atoms with Gasteiger partial charge in [0.15, 0.2) is 11.5 Å². The van der Waals surface area contributed by atoms with Crippen LogP contribution in [0.2, 0.25) is 0 Å². The van der Waals surface area contributed by atoms with Crippen molar-refractivity contribution in [3.8, 4) is 0 Å². The molecule has 26 heavy (non-hydrogen) atoms. The number of aromatic nitrogens is 2. The molecule has 0 saturated heterocycles. The number of nitrogens with one attached hydrogen (secondary N) is 2. The Morgan fingerprint density at radius 2 is 1.73 bits per heavy atom. The topological polar surface area (TPSA) is 70.2 Å². The Labute approximate surface area is 156 Å². The van der Waals surface area contributed by atoms with E-state index >= 15 is 0 Å². The summed E-state index contributed by atoms with van der Waals surface area (Å²) in [5.41, 5.74) is 2.66. The lowest BCUT2D eigenvalue weighted by Gasteiger charge is -2.19. The van der Waals surface area contributed by atoms with Gasteiger partial charge in [0.05, 0.1) is 0 Å². The van der Waals surface area contributed by atoms with Crippen LogP contribution in [0.25, 0.3) is 0 Å². The number of amides is 1. The fourth-order valence-corrected chi connectivity index (χ4v) is 2.41. The third-order valence-corrected chi connectivity index (χ3v) is 3.99. The zero-order valence-electron chi connectivity index (χ0n) is 16.3. The number of carbonyl (C=O) groups excluding carboxylic acids is 1. The molecular weight excluding hydrogens is 326 g/mol. The van der Waals surface area contributed by atoms with E-state index in [-0.39, 0.29) is 11.3 Å². The van der Waals surface area contributed by atoms with Crippen molar-refractivity contribution in [2.45, 2.75) is 32.6 Å². The quantitative estimate of drug-likeness (QED) is 0.747. The molecule has 2 aromatic rings. The molecule has 0 aliphatic rings. The van der Waals surface area contributed by atoms with Crippen LogP contribution in [0, 0.1) is 0 Å². The molecule has 0 aliphatic heterocycles. The summed E-state index contributed by atoms with van der Waals surface area (Å²) in [6, 6.07) is 11.7. The average Bonchev–Trinajstić information content (AvgIpc) is 2.59. The maximum absolute atomic E-state index is 12.0. The van der Waals surface area contributed by atoms with E-state index in [4.69, 9.17) is 0 Å². The van der Waals surface area contributed by atoms with Crippen LogP contribution in [-0.4, -0.2) is 48.2 Å². The van der Waals surface area contributed by atoms with E-state index in [2.05, 4.69) is 58.6 Å². The lowest BCUT2D eigenvalue weighted by Crippen LogP contribution is -2.28. The summed E-state index contributed by atoms with van der Waals surface area (Å²) < 4.78 is 0. The average molecular weight is 355 g/mol. The number of nitrogens with zero attached hydrogens (tertiary/aromatic N) is 3. The van der Waals surface area contributed by atoms with Crippen LogP contribution in [0.3, 0.4) is 0 Å². The van der Waals surface area contributed by atoms with Gasteiger partial charge in [0.25, 0.3) is 5.91 Å². The molecule has 1 amide bonds. The molecule has 0 aliphatic carbocycles. The van der Waals surface area contributed by atoms with Gasteiger partial charge in [0.1, 0.15) is 0 Å². The van der Waals surface area contributed by atoms with Gasteiger partial charge in [-0.1, -0.05) is 32.9 Å². The summed E-state index contributed by atoms with van der Waals surface area (Å²) in [5, 5.41) is 14.2. The fourth-order valence-electron chi connectivity index (χ4n) is 2.41. The number of rotatable bonds is 7. The van der Waals surface area contributed by atoms with Crippen molar-refractivity contribution in [2.75, 3.05) is 32.5 Å². The molecule has 1 aromatic heterocycles. The molecule has 2 rings (SSSR count). The highest BCUT2D eigenvalue weighted by atomic mass is 16.1. The number of hydrogen-bond donors (Lipinski definition) is 2. The van der Waals surface area contributed by atoms with Gasteiger partial charge in [-0.3, -0.25) is 4.79 Å². The SMILES string of the molecule is CN(C)CCCNC(=O)c1ccc(Nc2ccc(C(C)(C)C)cc2)nn1. The summed E-state index contributed by atoms with van der Waals surface area (Å²) in [5.74, 6) is 0.412. The van der Waals surface area contributed by atoms with E-state index in [9.17, 15) is 4.79 Å². The van der Waals surface area contributed by atoms with Crippen LogP contribution in [0.1, 0.15) is 43.2 Å². The van der Waals surface area contributed by atoms with Gasteiger partial charge < -0.3 is 15.5 Å². The summed E-state index contributed by atoms with van der Waals surface area (Å²) in [6.07, 6.45) is 0.899. The predicted molar refractivity (Wildman–Crippen MR) is 106 cm³/mol. The predicted octanol–water partition coefficient (Wildman–Crippen LogP) is 3.20. The number of anilines is 2. The molecule has 140 valence electrons. The maximum atomic E-state index is 12.0. The summed E-state index contributed by atoms with van der Waals surface area (Å²) in [7, 11) is 4.02. The fraction of sp³-hybridized carbons (Fsp3) is 0.450. The van der Waals surface area contributed by atoms with Gasteiger partial charge in [-0.25, -0.2) is 0 Å². The van der Waals surface area contributed by atoms with Gasteiger partial charge in [-0.2, -0.15) is 0 Å². The minimum atomic E-state index is -0.197. The lowest BCUT2D eigenvalue weighted by molar-refractivity contribution is 0.0946. The Morgan fingerprint density at radius 1 is 1.04 bits per heavy atom. The molecular formula is C20H29N5O. The second-order valence-corrected chi connectivity index (χ2v) is 7.67. The van der Waals surface area contributed by atoms with Gasteiger partial charge in [0, 0.05) is 12.2 Å². The van der Waals surface area contributed by atoms with Crippen molar-refractivity contribution in [3.05, 3.63) is 47.7 Å². The number of benzene rings is 1. The van der Waals surface area contributed by atoms with Crippen LogP contribution in [-0.2, 0) is 5.41 Å². The van der Waals surface area contributed by atoms with Gasteiger partial charge in [0.2, 0.25) is 0 Å². The minimum absolute atomic E-state index is 0.125. The molecule has 0 bridgehead atoms. The Morgan fingerprint density at radius 3 is 2.27 bits per heavy atom. The molecule has 0 atom stereocenters. The highest BCUT2D eigenvalue weighted by Crippen LogP contribution is 2.24. The number of carbonyl (C=O) groups is 1. The van der Waals surface area contributed by atoms with Crippen molar-refractivity contribution in [1.82, 2.24) is 20.4 Å². The summed E-state index contributed by atoms with van der Waals surface area (Å²) in [4.78, 5) is 14.1. The Hall–Kier alpha value is -2.47. The largest absolute Gasteiger partial charge is 0.351 e. The Bertz CT molecular complexity index is 702. The zero-order valence-corrected chi connectivity index (χ0v) is 16.3. The molecule has 0 fully saturated rings. The van der Waals surface area contributed by atoms with Gasteiger partial charge in [-0.05, 0) is 62.3 Å².